The Kier molecular flexibility index (Phi) is 5.65. The highest BCUT2D eigenvalue weighted by Gasteiger charge is 2.31. The van der Waals surface area contributed by atoms with E-state index in [2.05, 4.69) is 20.2 Å². The fraction of sp³-hybridized carbons (Fsp3) is 0.737. The summed E-state index contributed by atoms with van der Waals surface area (Å²) in [6.45, 7) is 6.00. The highest BCUT2D eigenvalue weighted by atomic mass is 16.5. The fourth-order valence-corrected chi connectivity index (χ4v) is 3.90. The normalized spacial score (nSPS) is 25.5. The lowest BCUT2D eigenvalue weighted by Gasteiger charge is -2.38. The molecule has 1 amide bonds. The van der Waals surface area contributed by atoms with Crippen LogP contribution in [0.5, 0.6) is 0 Å². The van der Waals surface area contributed by atoms with E-state index in [4.69, 9.17) is 4.74 Å². The van der Waals surface area contributed by atoms with Crippen molar-refractivity contribution in [2.75, 3.05) is 51.2 Å². The minimum atomic E-state index is -0.00791. The van der Waals surface area contributed by atoms with Crippen LogP contribution in [0.1, 0.15) is 25.7 Å². The molecule has 3 fully saturated rings. The van der Waals surface area contributed by atoms with Gasteiger partial charge in [-0.05, 0) is 56.7 Å². The fourth-order valence-electron chi connectivity index (χ4n) is 3.90. The first kappa shape index (κ1) is 17.7. The third-order valence-electron chi connectivity index (χ3n) is 5.67. The number of morpholine rings is 1. The van der Waals surface area contributed by atoms with Crippen molar-refractivity contribution in [2.45, 2.75) is 31.8 Å². The van der Waals surface area contributed by atoms with E-state index in [0.29, 0.717) is 25.0 Å². The van der Waals surface area contributed by atoms with Gasteiger partial charge in [0.15, 0.2) is 0 Å². The van der Waals surface area contributed by atoms with Gasteiger partial charge in [0.25, 0.3) is 0 Å². The molecule has 3 aliphatic rings. The Labute approximate surface area is 155 Å². The second-order valence-electron chi connectivity index (χ2n) is 7.87. The maximum absolute atomic E-state index is 12.3. The van der Waals surface area contributed by atoms with Gasteiger partial charge in [0.2, 0.25) is 11.9 Å². The number of hydrogen-bond donors (Lipinski definition) is 1. The maximum atomic E-state index is 12.3. The van der Waals surface area contributed by atoms with E-state index < -0.39 is 0 Å². The number of aromatic nitrogens is 2. The summed E-state index contributed by atoms with van der Waals surface area (Å²) in [6, 6.07) is 1.79. The van der Waals surface area contributed by atoms with Crippen molar-refractivity contribution in [3.05, 3.63) is 18.5 Å². The van der Waals surface area contributed by atoms with Gasteiger partial charge in [-0.25, -0.2) is 9.97 Å². The van der Waals surface area contributed by atoms with Crippen molar-refractivity contribution >= 4 is 11.9 Å². The van der Waals surface area contributed by atoms with Gasteiger partial charge in [0, 0.05) is 38.6 Å². The van der Waals surface area contributed by atoms with Gasteiger partial charge in [-0.3, -0.25) is 4.79 Å². The van der Waals surface area contributed by atoms with Crippen LogP contribution < -0.4 is 5.32 Å². The van der Waals surface area contributed by atoms with E-state index in [0.717, 1.165) is 12.5 Å². The molecule has 3 heterocycles. The molecule has 26 heavy (non-hydrogen) atoms. The van der Waals surface area contributed by atoms with Crippen LogP contribution in [-0.2, 0) is 9.53 Å². The molecule has 7 heteroatoms. The van der Waals surface area contributed by atoms with Crippen LogP contribution >= 0.6 is 0 Å². The first-order valence-corrected chi connectivity index (χ1v) is 9.89. The summed E-state index contributed by atoms with van der Waals surface area (Å²) >= 11 is 0. The number of rotatable bonds is 7. The summed E-state index contributed by atoms with van der Waals surface area (Å²) in [5.74, 6) is 2.31. The van der Waals surface area contributed by atoms with E-state index in [-0.39, 0.29) is 18.6 Å². The molecule has 7 nitrogen and oxygen atoms in total. The zero-order valence-corrected chi connectivity index (χ0v) is 15.3. The van der Waals surface area contributed by atoms with Crippen molar-refractivity contribution in [2.24, 2.45) is 11.8 Å². The highest BCUT2D eigenvalue weighted by molar-refractivity contribution is 5.78. The summed E-state index contributed by atoms with van der Waals surface area (Å²) < 4.78 is 5.68. The monoisotopic (exact) mass is 359 g/mol. The molecule has 142 valence electrons. The molecule has 2 saturated heterocycles. The lowest BCUT2D eigenvalue weighted by atomic mass is 9.95. The molecule has 0 aromatic carbocycles. The second kappa shape index (κ2) is 8.31. The minimum absolute atomic E-state index is 0.00791. The molecule has 1 aliphatic carbocycles. The van der Waals surface area contributed by atoms with Crippen LogP contribution in [0, 0.1) is 11.8 Å². The molecule has 1 N–H and O–H groups in total. The molecule has 0 bridgehead atoms. The Bertz CT molecular complexity index is 587. The Morgan fingerprint density at radius 1 is 1.08 bits per heavy atom. The Balaban J connectivity index is 1.21. The first-order valence-electron chi connectivity index (χ1n) is 9.89. The molecule has 1 saturated carbocycles. The maximum Gasteiger partial charge on any atom is 0.248 e. The lowest BCUT2D eigenvalue weighted by Crippen LogP contribution is -2.51. The summed E-state index contributed by atoms with van der Waals surface area (Å²) in [4.78, 5) is 25.2. The van der Waals surface area contributed by atoms with Crippen LogP contribution in [0.4, 0.5) is 5.95 Å². The van der Waals surface area contributed by atoms with E-state index in [1.165, 1.54) is 45.3 Å². The summed E-state index contributed by atoms with van der Waals surface area (Å²) in [6.07, 6.45) is 8.67. The second-order valence-corrected chi connectivity index (χ2v) is 7.87. The number of carbonyl (C=O) groups excluding carboxylic acids is 1. The Morgan fingerprint density at radius 2 is 1.81 bits per heavy atom. The van der Waals surface area contributed by atoms with E-state index in [1.54, 1.807) is 18.5 Å². The van der Waals surface area contributed by atoms with Gasteiger partial charge >= 0.3 is 0 Å². The summed E-state index contributed by atoms with van der Waals surface area (Å²) in [7, 11) is 0. The smallest absolute Gasteiger partial charge is 0.248 e. The molecule has 0 unspecified atom stereocenters. The van der Waals surface area contributed by atoms with Gasteiger partial charge in [-0.1, -0.05) is 0 Å². The van der Waals surface area contributed by atoms with Gasteiger partial charge in [-0.2, -0.15) is 0 Å². The molecule has 0 radical (unpaired) electrons. The SMILES string of the molecule is O=C1CO[C@@H](CNc2ncccn2)CN1CC1CCN(CC2CC2)CC1. The van der Waals surface area contributed by atoms with Gasteiger partial charge in [0.05, 0.1) is 6.10 Å². The number of ether oxygens (including phenoxy) is 1. The van der Waals surface area contributed by atoms with Crippen LogP contribution in [-0.4, -0.2) is 77.7 Å². The van der Waals surface area contributed by atoms with Crippen LogP contribution in [0.3, 0.4) is 0 Å². The third-order valence-corrected chi connectivity index (χ3v) is 5.67. The largest absolute Gasteiger partial charge is 0.365 e. The molecular weight excluding hydrogens is 330 g/mol. The molecular formula is C19H29N5O2. The third kappa shape index (κ3) is 4.92. The molecule has 1 aromatic heterocycles. The predicted molar refractivity (Wildman–Crippen MR) is 98.7 cm³/mol. The van der Waals surface area contributed by atoms with Crippen molar-refractivity contribution < 1.29 is 9.53 Å². The number of hydrogen-bond acceptors (Lipinski definition) is 6. The zero-order chi connectivity index (χ0) is 17.8. The number of anilines is 1. The zero-order valence-electron chi connectivity index (χ0n) is 15.3. The quantitative estimate of drug-likeness (QED) is 0.790. The standard InChI is InChI=1S/C19H29N5O2/c25-18-14-26-17(10-22-19-20-6-1-7-21-19)13-24(18)12-16-4-8-23(9-5-16)11-15-2-3-15/h1,6-7,15-17H,2-5,8-14H2,(H,20,21,22)/t17-/m0/s1. The first-order chi connectivity index (χ1) is 12.8. The Morgan fingerprint density at radius 3 is 2.54 bits per heavy atom. The van der Waals surface area contributed by atoms with Crippen molar-refractivity contribution in [1.82, 2.24) is 19.8 Å². The minimum Gasteiger partial charge on any atom is -0.365 e. The highest BCUT2D eigenvalue weighted by Crippen LogP contribution is 2.31. The van der Waals surface area contributed by atoms with Crippen molar-refractivity contribution in [3.63, 3.8) is 0 Å². The van der Waals surface area contributed by atoms with Gasteiger partial charge < -0.3 is 19.9 Å². The molecule has 0 spiro atoms. The number of carbonyl (C=O) groups is 1. The lowest BCUT2D eigenvalue weighted by molar-refractivity contribution is -0.149. The molecule has 1 aromatic rings. The summed E-state index contributed by atoms with van der Waals surface area (Å²) in [5.41, 5.74) is 0. The van der Waals surface area contributed by atoms with Gasteiger partial charge in [-0.15, -0.1) is 0 Å². The van der Waals surface area contributed by atoms with Crippen LogP contribution in [0.15, 0.2) is 18.5 Å². The van der Waals surface area contributed by atoms with Crippen LogP contribution in [0.2, 0.25) is 0 Å². The van der Waals surface area contributed by atoms with Crippen molar-refractivity contribution in [1.29, 1.82) is 0 Å². The number of nitrogens with zero attached hydrogens (tertiary/aromatic N) is 4. The average molecular weight is 359 g/mol. The molecule has 4 rings (SSSR count). The van der Waals surface area contributed by atoms with E-state index in [9.17, 15) is 4.79 Å². The molecule has 1 atom stereocenters. The Hall–Kier alpha value is -1.73. The summed E-state index contributed by atoms with van der Waals surface area (Å²) in [5, 5.41) is 3.19. The molecule has 2 aliphatic heterocycles. The van der Waals surface area contributed by atoms with Gasteiger partial charge in [0.1, 0.15) is 6.61 Å². The van der Waals surface area contributed by atoms with Crippen LogP contribution in [0.25, 0.3) is 0 Å². The van der Waals surface area contributed by atoms with Crippen molar-refractivity contribution in [3.8, 4) is 0 Å². The topological polar surface area (TPSA) is 70.6 Å². The van der Waals surface area contributed by atoms with E-state index >= 15 is 0 Å². The number of amides is 1. The number of likely N-dealkylation sites (tertiary alicyclic amines) is 1. The van der Waals surface area contributed by atoms with E-state index in [1.807, 2.05) is 4.90 Å². The average Bonchev–Trinajstić information content (AvgIpc) is 3.49. The number of nitrogens with one attached hydrogen (secondary N) is 1. The number of piperidine rings is 1. The predicted octanol–water partition coefficient (Wildman–Crippen LogP) is 1.24.